The number of carbonyl (C=O) groups is 1. The molecule has 8 heteroatoms. The lowest BCUT2D eigenvalue weighted by molar-refractivity contribution is -0.385. The van der Waals surface area contributed by atoms with Crippen molar-refractivity contribution in [2.24, 2.45) is 0 Å². The maximum absolute atomic E-state index is 11.8. The van der Waals surface area contributed by atoms with Gasteiger partial charge < -0.3 is 15.2 Å². The first-order valence-corrected chi connectivity index (χ1v) is 5.95. The zero-order valence-electron chi connectivity index (χ0n) is 10.0. The van der Waals surface area contributed by atoms with Crippen LogP contribution in [-0.4, -0.2) is 42.3 Å². The van der Waals surface area contributed by atoms with Crippen molar-refractivity contribution in [1.82, 2.24) is 5.32 Å². The smallest absolute Gasteiger partial charge is 0.282 e. The third kappa shape index (κ3) is 4.86. The summed E-state index contributed by atoms with van der Waals surface area (Å²) in [4.78, 5) is 22.4. The molecule has 0 atom stereocenters. The van der Waals surface area contributed by atoms with Crippen LogP contribution in [0.4, 0.5) is 5.69 Å². The fourth-order valence-electron chi connectivity index (χ4n) is 1.36. The molecule has 2 N–H and O–H groups in total. The van der Waals surface area contributed by atoms with Gasteiger partial charge in [0.25, 0.3) is 11.6 Å². The van der Waals surface area contributed by atoms with Crippen LogP contribution in [0.3, 0.4) is 0 Å². The number of nitro benzene ring substituents is 1. The van der Waals surface area contributed by atoms with Gasteiger partial charge >= 0.3 is 0 Å². The molecular formula is C11H14N2O5S. The van der Waals surface area contributed by atoms with Crippen LogP contribution < -0.4 is 5.32 Å². The Morgan fingerprint density at radius 2 is 2.21 bits per heavy atom. The Balaban J connectivity index is 2.65. The van der Waals surface area contributed by atoms with E-state index in [0.717, 1.165) is 0 Å². The molecule has 0 saturated carbocycles. The molecule has 0 aliphatic heterocycles. The van der Waals surface area contributed by atoms with E-state index in [-0.39, 0.29) is 37.6 Å². The van der Waals surface area contributed by atoms with E-state index in [1.807, 2.05) is 0 Å². The summed E-state index contributed by atoms with van der Waals surface area (Å²) in [6.45, 7) is 0.511. The van der Waals surface area contributed by atoms with E-state index in [4.69, 9.17) is 9.84 Å². The van der Waals surface area contributed by atoms with Crippen LogP contribution in [0.15, 0.2) is 23.1 Å². The second-order valence-electron chi connectivity index (χ2n) is 3.55. The van der Waals surface area contributed by atoms with Gasteiger partial charge in [-0.05, 0) is 12.1 Å². The summed E-state index contributed by atoms with van der Waals surface area (Å²) >= 11 is 4.05. The van der Waals surface area contributed by atoms with E-state index in [1.54, 1.807) is 0 Å². The Morgan fingerprint density at radius 3 is 2.84 bits per heavy atom. The number of benzene rings is 1. The maximum atomic E-state index is 11.8. The molecule has 0 bridgehead atoms. The summed E-state index contributed by atoms with van der Waals surface area (Å²) in [7, 11) is 0. The predicted molar refractivity (Wildman–Crippen MR) is 70.6 cm³/mol. The van der Waals surface area contributed by atoms with Gasteiger partial charge in [0.05, 0.1) is 24.7 Å². The number of ether oxygens (including phenoxy) is 1. The molecule has 0 aromatic heterocycles. The number of nitro groups is 1. The second-order valence-corrected chi connectivity index (χ2v) is 4.07. The Morgan fingerprint density at radius 1 is 1.47 bits per heavy atom. The van der Waals surface area contributed by atoms with Gasteiger partial charge in [0.1, 0.15) is 5.56 Å². The van der Waals surface area contributed by atoms with E-state index in [0.29, 0.717) is 4.90 Å². The minimum Gasteiger partial charge on any atom is -0.394 e. The third-order valence-corrected chi connectivity index (χ3v) is 2.47. The minimum atomic E-state index is -0.621. The summed E-state index contributed by atoms with van der Waals surface area (Å²) in [6, 6.07) is 4.02. The maximum Gasteiger partial charge on any atom is 0.282 e. The van der Waals surface area contributed by atoms with E-state index in [9.17, 15) is 14.9 Å². The number of thiol groups is 1. The van der Waals surface area contributed by atoms with E-state index < -0.39 is 10.8 Å². The van der Waals surface area contributed by atoms with Crippen LogP contribution in [0.2, 0.25) is 0 Å². The normalized spacial score (nSPS) is 10.2. The van der Waals surface area contributed by atoms with Crippen LogP contribution in [0.25, 0.3) is 0 Å². The molecular weight excluding hydrogens is 272 g/mol. The lowest BCUT2D eigenvalue weighted by atomic mass is 10.1. The zero-order chi connectivity index (χ0) is 14.3. The zero-order valence-corrected chi connectivity index (χ0v) is 10.9. The van der Waals surface area contributed by atoms with Crippen molar-refractivity contribution < 1.29 is 19.6 Å². The van der Waals surface area contributed by atoms with Crippen LogP contribution in [-0.2, 0) is 4.74 Å². The average molecular weight is 286 g/mol. The number of amides is 1. The van der Waals surface area contributed by atoms with Crippen molar-refractivity contribution in [3.63, 3.8) is 0 Å². The summed E-state index contributed by atoms with van der Waals surface area (Å²) in [6.07, 6.45) is 0. The predicted octanol–water partition coefficient (Wildman–Crippen LogP) is 0.622. The summed E-state index contributed by atoms with van der Waals surface area (Å²) in [5.41, 5.74) is -0.314. The highest BCUT2D eigenvalue weighted by molar-refractivity contribution is 7.80. The molecule has 0 spiro atoms. The molecule has 0 radical (unpaired) electrons. The first-order chi connectivity index (χ1) is 9.06. The highest BCUT2D eigenvalue weighted by atomic mass is 32.1. The Labute approximate surface area is 115 Å². The molecule has 1 amide bonds. The number of nitrogens with zero attached hydrogens (tertiary/aromatic N) is 1. The van der Waals surface area contributed by atoms with E-state index >= 15 is 0 Å². The largest absolute Gasteiger partial charge is 0.394 e. The number of hydrogen-bond donors (Lipinski definition) is 3. The Kier molecular flexibility index (Phi) is 6.26. The average Bonchev–Trinajstić information content (AvgIpc) is 2.37. The molecule has 0 saturated heterocycles. The van der Waals surface area contributed by atoms with Gasteiger partial charge in [0.15, 0.2) is 0 Å². The van der Waals surface area contributed by atoms with Gasteiger partial charge in [-0.25, -0.2) is 0 Å². The van der Waals surface area contributed by atoms with Gasteiger partial charge in [0.2, 0.25) is 0 Å². The quantitative estimate of drug-likeness (QED) is 0.295. The summed E-state index contributed by atoms with van der Waals surface area (Å²) in [5, 5.41) is 21.8. The standard InChI is InChI=1S/C11H14N2O5S/c14-4-6-18-5-3-12-11(15)9-7-8(19)1-2-10(9)13(16)17/h1-2,7,14,19H,3-6H2,(H,12,15). The number of carbonyl (C=O) groups excluding carboxylic acids is 1. The van der Waals surface area contributed by atoms with Gasteiger partial charge in [0, 0.05) is 17.5 Å². The fraction of sp³-hybridized carbons (Fsp3) is 0.364. The van der Waals surface area contributed by atoms with Crippen LogP contribution in [0.1, 0.15) is 10.4 Å². The van der Waals surface area contributed by atoms with Crippen molar-refractivity contribution in [3.05, 3.63) is 33.9 Å². The number of nitrogens with one attached hydrogen (secondary N) is 1. The van der Waals surface area contributed by atoms with E-state index in [1.165, 1.54) is 18.2 Å². The van der Waals surface area contributed by atoms with Gasteiger partial charge in [-0.3, -0.25) is 14.9 Å². The molecule has 1 aromatic carbocycles. The van der Waals surface area contributed by atoms with Crippen molar-refractivity contribution in [3.8, 4) is 0 Å². The van der Waals surface area contributed by atoms with Crippen molar-refractivity contribution in [1.29, 1.82) is 0 Å². The number of rotatable bonds is 7. The number of hydrogen-bond acceptors (Lipinski definition) is 6. The summed E-state index contributed by atoms with van der Waals surface area (Å²) in [5.74, 6) is -0.560. The molecule has 0 aliphatic rings. The lowest BCUT2D eigenvalue weighted by Gasteiger charge is -2.06. The van der Waals surface area contributed by atoms with Crippen LogP contribution >= 0.6 is 12.6 Å². The molecule has 0 unspecified atom stereocenters. The minimum absolute atomic E-state index is 0.0420. The first-order valence-electron chi connectivity index (χ1n) is 5.50. The van der Waals surface area contributed by atoms with Gasteiger partial charge in [-0.15, -0.1) is 12.6 Å². The molecule has 0 heterocycles. The molecule has 1 aromatic rings. The molecule has 0 aliphatic carbocycles. The van der Waals surface area contributed by atoms with Crippen LogP contribution in [0.5, 0.6) is 0 Å². The first kappa shape index (κ1) is 15.4. The van der Waals surface area contributed by atoms with Crippen molar-refractivity contribution in [2.45, 2.75) is 4.90 Å². The van der Waals surface area contributed by atoms with Crippen molar-refractivity contribution in [2.75, 3.05) is 26.4 Å². The highest BCUT2D eigenvalue weighted by Gasteiger charge is 2.19. The molecule has 104 valence electrons. The van der Waals surface area contributed by atoms with Gasteiger partial charge in [-0.2, -0.15) is 0 Å². The summed E-state index contributed by atoms with van der Waals surface area (Å²) < 4.78 is 4.96. The second kappa shape index (κ2) is 7.72. The molecule has 1 rings (SSSR count). The number of aliphatic hydroxyl groups excluding tert-OH is 1. The Hall–Kier alpha value is -1.64. The van der Waals surface area contributed by atoms with Crippen LogP contribution in [0, 0.1) is 10.1 Å². The SMILES string of the molecule is O=C(NCCOCCO)c1cc(S)ccc1[N+](=O)[O-]. The van der Waals surface area contributed by atoms with Gasteiger partial charge in [-0.1, -0.05) is 0 Å². The molecule has 19 heavy (non-hydrogen) atoms. The number of aliphatic hydroxyl groups is 1. The lowest BCUT2D eigenvalue weighted by Crippen LogP contribution is -2.28. The van der Waals surface area contributed by atoms with E-state index in [2.05, 4.69) is 17.9 Å². The third-order valence-electron chi connectivity index (χ3n) is 2.19. The fourth-order valence-corrected chi connectivity index (χ4v) is 1.57. The Bertz CT molecular complexity index is 466. The topological polar surface area (TPSA) is 102 Å². The van der Waals surface area contributed by atoms with Crippen molar-refractivity contribution >= 4 is 24.2 Å². The molecule has 7 nitrogen and oxygen atoms in total. The highest BCUT2D eigenvalue weighted by Crippen LogP contribution is 2.21. The molecule has 0 fully saturated rings. The monoisotopic (exact) mass is 286 g/mol.